The van der Waals surface area contributed by atoms with Gasteiger partial charge in [-0.05, 0) is 38.3 Å². The molecule has 0 bridgehead atoms. The summed E-state index contributed by atoms with van der Waals surface area (Å²) in [6.07, 6.45) is 5.07. The average molecular weight is 321 g/mol. The van der Waals surface area contributed by atoms with Gasteiger partial charge in [-0.15, -0.1) is 5.10 Å². The van der Waals surface area contributed by atoms with Crippen molar-refractivity contribution >= 4 is 5.91 Å². The Balaban J connectivity index is 1.53. The molecule has 2 N–H and O–H groups in total. The van der Waals surface area contributed by atoms with Gasteiger partial charge in [0.1, 0.15) is 0 Å². The second-order valence-electron chi connectivity index (χ2n) is 6.90. The fraction of sp³-hybridized carbons (Fsp3) is 0.812. The van der Waals surface area contributed by atoms with Gasteiger partial charge in [0.05, 0.1) is 18.3 Å². The van der Waals surface area contributed by atoms with Crippen LogP contribution in [0.2, 0.25) is 0 Å². The number of hydrogen-bond donors (Lipinski definition) is 2. The van der Waals surface area contributed by atoms with Crippen LogP contribution in [-0.2, 0) is 4.74 Å². The maximum absolute atomic E-state index is 12.3. The van der Waals surface area contributed by atoms with E-state index in [1.54, 1.807) is 6.20 Å². The van der Waals surface area contributed by atoms with E-state index in [2.05, 4.69) is 34.8 Å². The lowest BCUT2D eigenvalue weighted by atomic mass is 9.93. The molecule has 3 heterocycles. The Morgan fingerprint density at radius 3 is 2.96 bits per heavy atom. The lowest BCUT2D eigenvalue weighted by Crippen LogP contribution is -2.35. The van der Waals surface area contributed by atoms with Gasteiger partial charge in [0.25, 0.3) is 5.91 Å². The summed E-state index contributed by atoms with van der Waals surface area (Å²) in [5.74, 6) is 0.721. The number of amides is 1. The highest BCUT2D eigenvalue weighted by molar-refractivity contribution is 5.91. The number of rotatable bonds is 5. The van der Waals surface area contributed by atoms with E-state index in [4.69, 9.17) is 4.74 Å². The predicted octanol–water partition coefficient (Wildman–Crippen LogP) is 0.994. The highest BCUT2D eigenvalue weighted by Gasteiger charge is 2.31. The number of piperidine rings is 1. The van der Waals surface area contributed by atoms with Gasteiger partial charge in [-0.25, -0.2) is 4.68 Å². The van der Waals surface area contributed by atoms with Gasteiger partial charge in [0.15, 0.2) is 5.69 Å². The van der Waals surface area contributed by atoms with Gasteiger partial charge < -0.3 is 15.4 Å². The molecule has 3 rings (SSSR count). The summed E-state index contributed by atoms with van der Waals surface area (Å²) in [4.78, 5) is 12.3. The van der Waals surface area contributed by atoms with Crippen molar-refractivity contribution in [3.63, 3.8) is 0 Å². The van der Waals surface area contributed by atoms with Gasteiger partial charge in [-0.1, -0.05) is 19.1 Å². The third kappa shape index (κ3) is 3.90. The Bertz CT molecular complexity index is 524. The highest BCUT2D eigenvalue weighted by atomic mass is 16.5. The van der Waals surface area contributed by atoms with Crippen molar-refractivity contribution in [3.8, 4) is 0 Å². The first-order valence-corrected chi connectivity index (χ1v) is 8.67. The van der Waals surface area contributed by atoms with Gasteiger partial charge in [0, 0.05) is 19.1 Å². The molecule has 2 aliphatic rings. The van der Waals surface area contributed by atoms with Crippen LogP contribution in [0.3, 0.4) is 0 Å². The smallest absolute Gasteiger partial charge is 0.273 e. The molecule has 0 spiro atoms. The Morgan fingerprint density at radius 2 is 2.22 bits per heavy atom. The van der Waals surface area contributed by atoms with Crippen LogP contribution >= 0.6 is 0 Å². The fourth-order valence-corrected chi connectivity index (χ4v) is 3.56. The molecule has 7 heteroatoms. The molecule has 0 aliphatic carbocycles. The third-order valence-electron chi connectivity index (χ3n) is 4.87. The van der Waals surface area contributed by atoms with E-state index in [1.807, 2.05) is 4.68 Å². The van der Waals surface area contributed by atoms with Crippen LogP contribution in [0, 0.1) is 11.8 Å². The Kier molecular flexibility index (Phi) is 5.27. The fourth-order valence-electron chi connectivity index (χ4n) is 3.56. The largest absolute Gasteiger partial charge is 0.378 e. The predicted molar refractivity (Wildman–Crippen MR) is 86.2 cm³/mol. The number of ether oxygens (including phenoxy) is 1. The van der Waals surface area contributed by atoms with Gasteiger partial charge in [0.2, 0.25) is 0 Å². The van der Waals surface area contributed by atoms with Gasteiger partial charge >= 0.3 is 0 Å². The zero-order valence-electron chi connectivity index (χ0n) is 14.0. The maximum Gasteiger partial charge on any atom is 0.273 e. The number of carbonyl (C=O) groups is 1. The molecule has 0 saturated carbocycles. The van der Waals surface area contributed by atoms with E-state index < -0.39 is 0 Å². The molecule has 0 radical (unpaired) electrons. The molecule has 2 atom stereocenters. The van der Waals surface area contributed by atoms with Gasteiger partial charge in [-0.3, -0.25) is 4.79 Å². The van der Waals surface area contributed by atoms with Crippen molar-refractivity contribution in [1.82, 2.24) is 25.6 Å². The molecule has 0 aromatic carbocycles. The lowest BCUT2D eigenvalue weighted by Gasteiger charge is -2.22. The minimum atomic E-state index is -0.139. The molecule has 2 saturated heterocycles. The summed E-state index contributed by atoms with van der Waals surface area (Å²) in [5.41, 5.74) is 0.406. The molecule has 128 valence electrons. The number of aromatic nitrogens is 3. The van der Waals surface area contributed by atoms with Crippen molar-refractivity contribution < 1.29 is 9.53 Å². The van der Waals surface area contributed by atoms with Crippen LogP contribution in [0.5, 0.6) is 0 Å². The highest BCUT2D eigenvalue weighted by Crippen LogP contribution is 2.26. The van der Waals surface area contributed by atoms with Crippen LogP contribution in [0.25, 0.3) is 0 Å². The quantitative estimate of drug-likeness (QED) is 0.845. The summed E-state index contributed by atoms with van der Waals surface area (Å²) in [6.45, 7) is 7.73. The molecule has 2 aliphatic heterocycles. The molecular weight excluding hydrogens is 294 g/mol. The second-order valence-corrected chi connectivity index (χ2v) is 6.90. The Hall–Kier alpha value is -1.47. The third-order valence-corrected chi connectivity index (χ3v) is 4.87. The summed E-state index contributed by atoms with van der Waals surface area (Å²) in [7, 11) is 0. The molecule has 2 fully saturated rings. The van der Waals surface area contributed by atoms with Crippen molar-refractivity contribution in [2.45, 2.75) is 45.3 Å². The number of nitrogens with zero attached hydrogens (tertiary/aromatic N) is 3. The maximum atomic E-state index is 12.3. The summed E-state index contributed by atoms with van der Waals surface area (Å²) < 4.78 is 7.60. The molecule has 1 aromatic rings. The van der Waals surface area contributed by atoms with E-state index >= 15 is 0 Å². The van der Waals surface area contributed by atoms with E-state index in [1.165, 1.54) is 0 Å². The minimum absolute atomic E-state index is 0.139. The lowest BCUT2D eigenvalue weighted by molar-refractivity contribution is 0.0533. The van der Waals surface area contributed by atoms with Crippen molar-refractivity contribution in [2.24, 2.45) is 11.8 Å². The van der Waals surface area contributed by atoms with Crippen molar-refractivity contribution in [1.29, 1.82) is 0 Å². The number of hydrogen-bond acceptors (Lipinski definition) is 5. The molecule has 1 amide bonds. The van der Waals surface area contributed by atoms with E-state index in [-0.39, 0.29) is 12.0 Å². The summed E-state index contributed by atoms with van der Waals surface area (Å²) >= 11 is 0. The number of nitrogens with one attached hydrogen (secondary N) is 2. The average Bonchev–Trinajstić information content (AvgIpc) is 3.22. The first-order chi connectivity index (χ1) is 11.1. The molecule has 7 nitrogen and oxygen atoms in total. The van der Waals surface area contributed by atoms with E-state index in [9.17, 15) is 4.79 Å². The van der Waals surface area contributed by atoms with Crippen LogP contribution in [-0.4, -0.2) is 53.2 Å². The first-order valence-electron chi connectivity index (χ1n) is 8.67. The topological polar surface area (TPSA) is 81.1 Å². The summed E-state index contributed by atoms with van der Waals surface area (Å²) in [5, 5.41) is 14.5. The Morgan fingerprint density at radius 1 is 1.43 bits per heavy atom. The molecule has 23 heavy (non-hydrogen) atoms. The monoisotopic (exact) mass is 321 g/mol. The molecular formula is C16H27N5O2. The SMILES string of the molecule is CC(C)C1OCCC1CNC(=O)c1cn(C2CCNCC2)nn1. The van der Waals surface area contributed by atoms with Crippen LogP contribution in [0.15, 0.2) is 6.20 Å². The van der Waals surface area contributed by atoms with Crippen LogP contribution in [0.4, 0.5) is 0 Å². The summed E-state index contributed by atoms with van der Waals surface area (Å²) in [6, 6.07) is 0.346. The Labute approximate surface area is 137 Å². The normalized spacial score (nSPS) is 25.9. The standard InChI is InChI=1S/C16H27N5O2/c1-11(2)15-12(5-8-23-15)9-18-16(22)14-10-21(20-19-14)13-3-6-17-7-4-13/h10-13,15,17H,3-9H2,1-2H3,(H,18,22). The van der Waals surface area contributed by atoms with Crippen molar-refractivity contribution in [2.75, 3.05) is 26.2 Å². The minimum Gasteiger partial charge on any atom is -0.378 e. The van der Waals surface area contributed by atoms with E-state index in [0.29, 0.717) is 30.1 Å². The molecule has 2 unspecified atom stereocenters. The van der Waals surface area contributed by atoms with Gasteiger partial charge in [-0.2, -0.15) is 0 Å². The van der Waals surface area contributed by atoms with Crippen molar-refractivity contribution in [3.05, 3.63) is 11.9 Å². The first kappa shape index (κ1) is 16.4. The van der Waals surface area contributed by atoms with Crippen LogP contribution < -0.4 is 10.6 Å². The van der Waals surface area contributed by atoms with E-state index in [0.717, 1.165) is 39.0 Å². The second kappa shape index (κ2) is 7.40. The zero-order chi connectivity index (χ0) is 16.2. The zero-order valence-corrected chi connectivity index (χ0v) is 14.0. The molecule has 1 aromatic heterocycles. The number of carbonyl (C=O) groups excluding carboxylic acids is 1. The van der Waals surface area contributed by atoms with Crippen LogP contribution in [0.1, 0.15) is 49.6 Å².